The van der Waals surface area contributed by atoms with Crippen molar-refractivity contribution < 1.29 is 4.79 Å². The van der Waals surface area contributed by atoms with E-state index in [1.807, 2.05) is 32.0 Å². The summed E-state index contributed by atoms with van der Waals surface area (Å²) >= 11 is 17.0. The van der Waals surface area contributed by atoms with Gasteiger partial charge in [-0.15, -0.1) is 0 Å². The van der Waals surface area contributed by atoms with Crippen LogP contribution in [-0.4, -0.2) is 17.6 Å². The molecular formula is C17H17Cl2N3OS. The highest BCUT2D eigenvalue weighted by atomic mass is 35.5. The van der Waals surface area contributed by atoms with Gasteiger partial charge in [-0.3, -0.25) is 4.79 Å². The van der Waals surface area contributed by atoms with E-state index in [0.29, 0.717) is 20.8 Å². The number of hydrogen-bond donors (Lipinski definition) is 3. The van der Waals surface area contributed by atoms with E-state index in [1.54, 1.807) is 18.2 Å². The van der Waals surface area contributed by atoms with Crippen molar-refractivity contribution in [3.8, 4) is 0 Å². The van der Waals surface area contributed by atoms with Gasteiger partial charge in [0.05, 0.1) is 6.54 Å². The van der Waals surface area contributed by atoms with Gasteiger partial charge in [0.1, 0.15) is 0 Å². The molecule has 24 heavy (non-hydrogen) atoms. The van der Waals surface area contributed by atoms with Crippen molar-refractivity contribution in [2.24, 2.45) is 0 Å². The Bertz CT molecular complexity index is 740. The van der Waals surface area contributed by atoms with Crippen LogP contribution in [0.2, 0.25) is 10.0 Å². The molecule has 1 amide bonds. The molecule has 0 saturated heterocycles. The summed E-state index contributed by atoms with van der Waals surface area (Å²) in [5.41, 5.74) is 3.50. The SMILES string of the molecule is Cc1cccc(C)c1NC(=O)CNC(=S)Nc1cc(Cl)cc(Cl)c1. The number of hydrogen-bond acceptors (Lipinski definition) is 2. The predicted octanol–water partition coefficient (Wildman–Crippen LogP) is 4.54. The second kappa shape index (κ2) is 8.33. The Morgan fingerprint density at radius 2 is 1.62 bits per heavy atom. The van der Waals surface area contributed by atoms with E-state index < -0.39 is 0 Å². The highest BCUT2D eigenvalue weighted by Crippen LogP contribution is 2.22. The second-order valence-corrected chi connectivity index (χ2v) is 6.56. The minimum atomic E-state index is -0.180. The number of amides is 1. The Labute approximate surface area is 156 Å². The number of carbonyl (C=O) groups excluding carboxylic acids is 1. The maximum absolute atomic E-state index is 12.1. The van der Waals surface area contributed by atoms with E-state index in [1.165, 1.54) is 0 Å². The molecule has 7 heteroatoms. The molecular weight excluding hydrogens is 365 g/mol. The zero-order valence-corrected chi connectivity index (χ0v) is 15.6. The zero-order chi connectivity index (χ0) is 17.7. The molecule has 0 unspecified atom stereocenters. The van der Waals surface area contributed by atoms with Crippen LogP contribution in [0.1, 0.15) is 11.1 Å². The average molecular weight is 382 g/mol. The first kappa shape index (κ1) is 18.5. The molecule has 0 radical (unpaired) electrons. The van der Waals surface area contributed by atoms with Gasteiger partial charge in [-0.2, -0.15) is 0 Å². The van der Waals surface area contributed by atoms with Gasteiger partial charge in [0.2, 0.25) is 5.91 Å². The minimum absolute atomic E-state index is 0.0495. The first-order valence-electron chi connectivity index (χ1n) is 7.22. The number of para-hydroxylation sites is 1. The lowest BCUT2D eigenvalue weighted by Crippen LogP contribution is -2.35. The summed E-state index contributed by atoms with van der Waals surface area (Å²) in [4.78, 5) is 12.1. The number of carbonyl (C=O) groups is 1. The molecule has 0 saturated carbocycles. The Morgan fingerprint density at radius 3 is 2.21 bits per heavy atom. The topological polar surface area (TPSA) is 53.2 Å². The standard InChI is InChI=1S/C17H17Cl2N3OS/c1-10-4-3-5-11(2)16(10)22-15(23)9-20-17(24)21-14-7-12(18)6-13(19)8-14/h3-8H,9H2,1-2H3,(H,22,23)(H2,20,21,24). The fraction of sp³-hybridized carbons (Fsp3) is 0.176. The lowest BCUT2D eigenvalue weighted by atomic mass is 10.1. The molecule has 3 N–H and O–H groups in total. The smallest absolute Gasteiger partial charge is 0.243 e. The molecule has 2 aromatic rings. The summed E-state index contributed by atoms with van der Waals surface area (Å²) in [5, 5.41) is 9.98. The van der Waals surface area contributed by atoms with Gasteiger partial charge in [-0.05, 0) is 55.4 Å². The van der Waals surface area contributed by atoms with Gasteiger partial charge in [-0.25, -0.2) is 0 Å². The zero-order valence-electron chi connectivity index (χ0n) is 13.2. The van der Waals surface area contributed by atoms with Crippen LogP contribution in [0, 0.1) is 13.8 Å². The van der Waals surface area contributed by atoms with Gasteiger partial charge in [0, 0.05) is 21.4 Å². The molecule has 0 aliphatic rings. The number of nitrogens with one attached hydrogen (secondary N) is 3. The highest BCUT2D eigenvalue weighted by molar-refractivity contribution is 7.80. The Balaban J connectivity index is 1.88. The second-order valence-electron chi connectivity index (χ2n) is 5.28. The van der Waals surface area contributed by atoms with E-state index in [4.69, 9.17) is 35.4 Å². The number of anilines is 2. The maximum Gasteiger partial charge on any atom is 0.243 e. The van der Waals surface area contributed by atoms with E-state index >= 15 is 0 Å². The van der Waals surface area contributed by atoms with Crippen LogP contribution in [0.25, 0.3) is 0 Å². The number of thiocarbonyl (C=S) groups is 1. The summed E-state index contributed by atoms with van der Waals surface area (Å²) in [5.74, 6) is -0.180. The van der Waals surface area contributed by atoms with Crippen molar-refractivity contribution >= 4 is 57.8 Å². The molecule has 0 aromatic heterocycles. The first-order chi connectivity index (χ1) is 11.3. The van der Waals surface area contributed by atoms with Crippen LogP contribution in [-0.2, 0) is 4.79 Å². The number of benzene rings is 2. The molecule has 0 fully saturated rings. The van der Waals surface area contributed by atoms with E-state index in [0.717, 1.165) is 16.8 Å². The highest BCUT2D eigenvalue weighted by Gasteiger charge is 2.08. The van der Waals surface area contributed by atoms with Gasteiger partial charge in [0.15, 0.2) is 5.11 Å². The third-order valence-corrected chi connectivity index (χ3v) is 3.96. The lowest BCUT2D eigenvalue weighted by Gasteiger charge is -2.13. The molecule has 4 nitrogen and oxygen atoms in total. The number of aryl methyl sites for hydroxylation is 2. The summed E-state index contributed by atoms with van der Waals surface area (Å²) in [6.45, 7) is 3.95. The van der Waals surface area contributed by atoms with Crippen molar-refractivity contribution in [2.45, 2.75) is 13.8 Å². The molecule has 0 aliphatic carbocycles. The largest absolute Gasteiger partial charge is 0.353 e. The third kappa shape index (κ3) is 5.37. The quantitative estimate of drug-likeness (QED) is 0.680. The van der Waals surface area contributed by atoms with E-state index in [2.05, 4.69) is 16.0 Å². The Kier molecular flexibility index (Phi) is 6.43. The monoisotopic (exact) mass is 381 g/mol. The van der Waals surface area contributed by atoms with Crippen molar-refractivity contribution in [3.63, 3.8) is 0 Å². The van der Waals surface area contributed by atoms with Gasteiger partial charge < -0.3 is 16.0 Å². The molecule has 2 rings (SSSR count). The summed E-state index contributed by atoms with van der Waals surface area (Å²) in [6.07, 6.45) is 0. The molecule has 126 valence electrons. The van der Waals surface area contributed by atoms with Crippen LogP contribution >= 0.6 is 35.4 Å². The van der Waals surface area contributed by atoms with Gasteiger partial charge >= 0.3 is 0 Å². The van der Waals surface area contributed by atoms with Gasteiger partial charge in [-0.1, -0.05) is 41.4 Å². The van der Waals surface area contributed by atoms with E-state index in [9.17, 15) is 4.79 Å². The number of halogens is 2. The third-order valence-electron chi connectivity index (χ3n) is 3.28. The minimum Gasteiger partial charge on any atom is -0.353 e. The van der Waals surface area contributed by atoms with E-state index in [-0.39, 0.29) is 12.5 Å². The fourth-order valence-electron chi connectivity index (χ4n) is 2.16. The molecule has 2 aromatic carbocycles. The first-order valence-corrected chi connectivity index (χ1v) is 8.38. The van der Waals surface area contributed by atoms with Crippen LogP contribution in [0.15, 0.2) is 36.4 Å². The summed E-state index contributed by atoms with van der Waals surface area (Å²) < 4.78 is 0. The Morgan fingerprint density at radius 1 is 1.04 bits per heavy atom. The molecule has 0 aliphatic heterocycles. The lowest BCUT2D eigenvalue weighted by molar-refractivity contribution is -0.115. The molecule has 0 heterocycles. The summed E-state index contributed by atoms with van der Waals surface area (Å²) in [7, 11) is 0. The Hall–Kier alpha value is -1.82. The predicted molar refractivity (Wildman–Crippen MR) is 105 cm³/mol. The van der Waals surface area contributed by atoms with Crippen molar-refractivity contribution in [3.05, 3.63) is 57.6 Å². The van der Waals surface area contributed by atoms with Crippen LogP contribution in [0.3, 0.4) is 0 Å². The van der Waals surface area contributed by atoms with Crippen LogP contribution in [0.4, 0.5) is 11.4 Å². The molecule has 0 spiro atoms. The average Bonchev–Trinajstić information content (AvgIpc) is 2.48. The fourth-order valence-corrected chi connectivity index (χ4v) is 2.87. The van der Waals surface area contributed by atoms with Crippen LogP contribution in [0.5, 0.6) is 0 Å². The molecule has 0 atom stereocenters. The molecule has 0 bridgehead atoms. The number of rotatable bonds is 4. The van der Waals surface area contributed by atoms with Crippen LogP contribution < -0.4 is 16.0 Å². The van der Waals surface area contributed by atoms with Crippen molar-refractivity contribution in [2.75, 3.05) is 17.2 Å². The van der Waals surface area contributed by atoms with Gasteiger partial charge in [0.25, 0.3) is 0 Å². The summed E-state index contributed by atoms with van der Waals surface area (Å²) in [6, 6.07) is 10.9. The normalized spacial score (nSPS) is 10.2. The van der Waals surface area contributed by atoms with Crippen molar-refractivity contribution in [1.82, 2.24) is 5.32 Å². The van der Waals surface area contributed by atoms with Crippen molar-refractivity contribution in [1.29, 1.82) is 0 Å². The maximum atomic E-state index is 12.1.